The van der Waals surface area contributed by atoms with Gasteiger partial charge in [-0.05, 0) is 6.07 Å². The summed E-state index contributed by atoms with van der Waals surface area (Å²) < 4.78 is 0. The van der Waals surface area contributed by atoms with Crippen LogP contribution in [0.5, 0.6) is 0 Å². The number of nitro groups is 1. The van der Waals surface area contributed by atoms with E-state index >= 15 is 0 Å². The summed E-state index contributed by atoms with van der Waals surface area (Å²) in [5, 5.41) is 10.6. The van der Waals surface area contributed by atoms with Crippen LogP contribution < -0.4 is 11.2 Å². The number of benzene rings is 1. The molecule has 2 aromatic rings. The second kappa shape index (κ2) is 4.09. The van der Waals surface area contributed by atoms with Crippen LogP contribution in [0, 0.1) is 10.1 Å². The smallest absolute Gasteiger partial charge is 0.332 e. The predicted molar refractivity (Wildman–Crippen MR) is 63.6 cm³/mol. The molecule has 0 bridgehead atoms. The molecule has 0 unspecified atom stereocenters. The number of nitrogens with zero attached hydrogens (tertiary/aromatic N) is 1. The second-order valence-corrected chi connectivity index (χ2v) is 3.43. The van der Waals surface area contributed by atoms with Crippen LogP contribution in [0.3, 0.4) is 0 Å². The van der Waals surface area contributed by atoms with E-state index in [4.69, 9.17) is 5.73 Å². The van der Waals surface area contributed by atoms with Gasteiger partial charge in [-0.1, -0.05) is 18.2 Å². The fraction of sp³-hybridized carbons (Fsp3) is 0. The van der Waals surface area contributed by atoms with Crippen molar-refractivity contribution < 1.29 is 4.92 Å². The summed E-state index contributed by atoms with van der Waals surface area (Å²) >= 11 is 0. The van der Waals surface area contributed by atoms with Gasteiger partial charge in [-0.2, -0.15) is 0 Å². The van der Waals surface area contributed by atoms with E-state index in [1.54, 1.807) is 24.3 Å². The van der Waals surface area contributed by atoms with Crippen molar-refractivity contribution in [3.8, 4) is 11.1 Å². The number of nitrogens with two attached hydrogens (primary N) is 1. The summed E-state index contributed by atoms with van der Waals surface area (Å²) in [5.41, 5.74) is 5.66. The van der Waals surface area contributed by atoms with E-state index in [-0.39, 0.29) is 5.56 Å². The molecule has 0 aliphatic rings. The first-order chi connectivity index (χ1) is 8.11. The lowest BCUT2D eigenvalue weighted by Crippen LogP contribution is -2.11. The molecular weight excluding hydrogens is 222 g/mol. The Balaban J connectivity index is 2.70. The lowest BCUT2D eigenvalue weighted by Gasteiger charge is -2.03. The van der Waals surface area contributed by atoms with Gasteiger partial charge in [0.2, 0.25) is 0 Å². The van der Waals surface area contributed by atoms with Crippen molar-refractivity contribution in [2.24, 2.45) is 0 Å². The summed E-state index contributed by atoms with van der Waals surface area (Å²) in [6.07, 6.45) is 2.46. The molecule has 1 aromatic heterocycles. The van der Waals surface area contributed by atoms with Crippen molar-refractivity contribution in [3.05, 3.63) is 57.0 Å². The molecule has 0 fully saturated rings. The van der Waals surface area contributed by atoms with Crippen molar-refractivity contribution in [3.63, 3.8) is 0 Å². The molecule has 0 atom stereocenters. The molecule has 1 aromatic carbocycles. The van der Waals surface area contributed by atoms with Gasteiger partial charge in [-0.25, -0.2) is 0 Å². The fourth-order valence-electron chi connectivity index (χ4n) is 1.55. The minimum Gasteiger partial charge on any atom is -0.398 e. The number of aromatic amines is 1. The minimum atomic E-state index is -0.721. The van der Waals surface area contributed by atoms with Gasteiger partial charge in [-0.3, -0.25) is 14.9 Å². The van der Waals surface area contributed by atoms with E-state index < -0.39 is 16.0 Å². The molecule has 0 saturated heterocycles. The SMILES string of the molecule is Nc1ccccc1-c1c[nH]cc([N+](=O)[O-])c1=O. The van der Waals surface area contributed by atoms with E-state index in [2.05, 4.69) is 4.98 Å². The highest BCUT2D eigenvalue weighted by molar-refractivity contribution is 5.76. The minimum absolute atomic E-state index is 0.192. The maximum atomic E-state index is 11.8. The normalized spacial score (nSPS) is 10.1. The molecule has 3 N–H and O–H groups in total. The van der Waals surface area contributed by atoms with Crippen molar-refractivity contribution in [2.45, 2.75) is 0 Å². The van der Waals surface area contributed by atoms with Crippen LogP contribution in [0.4, 0.5) is 11.4 Å². The lowest BCUT2D eigenvalue weighted by atomic mass is 10.1. The Morgan fingerprint density at radius 2 is 1.88 bits per heavy atom. The third-order valence-corrected chi connectivity index (χ3v) is 2.37. The number of nitrogen functional groups attached to an aromatic ring is 1. The first-order valence-corrected chi connectivity index (χ1v) is 4.81. The summed E-state index contributed by atoms with van der Waals surface area (Å²) in [5.74, 6) is 0. The number of rotatable bonds is 2. The Hall–Kier alpha value is -2.63. The number of nitrogens with one attached hydrogen (secondary N) is 1. The number of aromatic nitrogens is 1. The summed E-state index contributed by atoms with van der Waals surface area (Å²) in [7, 11) is 0. The molecular formula is C11H9N3O3. The monoisotopic (exact) mass is 231 g/mol. The first kappa shape index (κ1) is 10.9. The van der Waals surface area contributed by atoms with Crippen molar-refractivity contribution in [2.75, 3.05) is 5.73 Å². The Morgan fingerprint density at radius 3 is 2.53 bits per heavy atom. The van der Waals surface area contributed by atoms with Gasteiger partial charge in [0.1, 0.15) is 0 Å². The van der Waals surface area contributed by atoms with Crippen LogP contribution >= 0.6 is 0 Å². The van der Waals surface area contributed by atoms with E-state index in [1.807, 2.05) is 0 Å². The van der Waals surface area contributed by atoms with Crippen molar-refractivity contribution in [1.82, 2.24) is 4.98 Å². The zero-order valence-corrected chi connectivity index (χ0v) is 8.71. The van der Waals surface area contributed by atoms with Gasteiger partial charge >= 0.3 is 5.69 Å². The molecule has 0 amide bonds. The number of hydrogen-bond acceptors (Lipinski definition) is 4. The van der Waals surface area contributed by atoms with Gasteiger partial charge in [0.25, 0.3) is 5.43 Å². The molecule has 1 heterocycles. The number of para-hydroxylation sites is 1. The Kier molecular flexibility index (Phi) is 2.61. The average molecular weight is 231 g/mol. The highest BCUT2D eigenvalue weighted by atomic mass is 16.6. The zero-order chi connectivity index (χ0) is 12.4. The summed E-state index contributed by atoms with van der Waals surface area (Å²) in [6.45, 7) is 0. The van der Waals surface area contributed by atoms with Crippen molar-refractivity contribution >= 4 is 11.4 Å². The van der Waals surface area contributed by atoms with Crippen molar-refractivity contribution in [1.29, 1.82) is 0 Å². The molecule has 0 saturated carbocycles. The molecule has 0 spiro atoms. The Labute approximate surface area is 95.9 Å². The molecule has 0 aliphatic carbocycles. The van der Waals surface area contributed by atoms with Gasteiger partial charge in [0.15, 0.2) is 0 Å². The number of anilines is 1. The maximum Gasteiger partial charge on any atom is 0.332 e. The lowest BCUT2D eigenvalue weighted by molar-refractivity contribution is -0.386. The summed E-state index contributed by atoms with van der Waals surface area (Å²) in [6, 6.07) is 6.71. The van der Waals surface area contributed by atoms with Crippen LogP contribution in [-0.2, 0) is 0 Å². The van der Waals surface area contributed by atoms with Gasteiger partial charge < -0.3 is 10.7 Å². The van der Waals surface area contributed by atoms with Crippen LogP contribution in [0.25, 0.3) is 11.1 Å². The highest BCUT2D eigenvalue weighted by Crippen LogP contribution is 2.22. The molecule has 0 aliphatic heterocycles. The maximum absolute atomic E-state index is 11.8. The third-order valence-electron chi connectivity index (χ3n) is 2.37. The van der Waals surface area contributed by atoms with Gasteiger partial charge in [0.05, 0.1) is 16.7 Å². The standard InChI is InChI=1S/C11H9N3O3/c12-9-4-2-1-3-7(9)8-5-13-6-10(11(8)15)14(16)17/h1-6H,12H2,(H,13,15). The number of pyridine rings is 1. The number of H-pyrrole nitrogens is 1. The van der Waals surface area contributed by atoms with Crippen LogP contribution in [-0.4, -0.2) is 9.91 Å². The fourth-order valence-corrected chi connectivity index (χ4v) is 1.55. The molecule has 6 heteroatoms. The zero-order valence-electron chi connectivity index (χ0n) is 8.71. The molecule has 0 radical (unpaired) electrons. The number of hydrogen-bond donors (Lipinski definition) is 2. The van der Waals surface area contributed by atoms with E-state index in [9.17, 15) is 14.9 Å². The molecule has 86 valence electrons. The predicted octanol–water partition coefficient (Wildman–Crippen LogP) is 1.53. The average Bonchev–Trinajstić information content (AvgIpc) is 2.30. The first-order valence-electron chi connectivity index (χ1n) is 4.81. The highest BCUT2D eigenvalue weighted by Gasteiger charge is 2.16. The second-order valence-electron chi connectivity index (χ2n) is 3.43. The van der Waals surface area contributed by atoms with E-state index in [0.717, 1.165) is 6.20 Å². The summed E-state index contributed by atoms with van der Waals surface area (Å²) in [4.78, 5) is 24.3. The quantitative estimate of drug-likeness (QED) is 0.464. The van der Waals surface area contributed by atoms with E-state index in [0.29, 0.717) is 11.3 Å². The molecule has 6 nitrogen and oxygen atoms in total. The Bertz CT molecular complexity index is 634. The molecule has 2 rings (SSSR count). The van der Waals surface area contributed by atoms with Crippen LogP contribution in [0.2, 0.25) is 0 Å². The topological polar surface area (TPSA) is 102 Å². The molecule has 17 heavy (non-hydrogen) atoms. The largest absolute Gasteiger partial charge is 0.398 e. The van der Waals surface area contributed by atoms with Crippen LogP contribution in [0.1, 0.15) is 0 Å². The van der Waals surface area contributed by atoms with E-state index in [1.165, 1.54) is 6.20 Å². The Morgan fingerprint density at radius 1 is 1.18 bits per heavy atom. The van der Waals surface area contributed by atoms with Crippen LogP contribution in [0.15, 0.2) is 41.5 Å². The van der Waals surface area contributed by atoms with Gasteiger partial charge in [-0.15, -0.1) is 0 Å². The third kappa shape index (κ3) is 1.87. The van der Waals surface area contributed by atoms with Gasteiger partial charge in [0, 0.05) is 17.4 Å².